The number of nitrogens with one attached hydrogen (secondary N) is 1. The van der Waals surface area contributed by atoms with Gasteiger partial charge in [-0.15, -0.1) is 0 Å². The minimum absolute atomic E-state index is 0.0226. The lowest BCUT2D eigenvalue weighted by Gasteiger charge is -2.18. The molecule has 0 spiro atoms. The van der Waals surface area contributed by atoms with Gasteiger partial charge >= 0.3 is 5.69 Å². The summed E-state index contributed by atoms with van der Waals surface area (Å²) in [7, 11) is 1.58. The molecular weight excluding hydrogens is 461 g/mol. The van der Waals surface area contributed by atoms with Crippen molar-refractivity contribution in [1.82, 2.24) is 14.1 Å². The van der Waals surface area contributed by atoms with Crippen LogP contribution in [0.2, 0.25) is 0 Å². The Morgan fingerprint density at radius 2 is 1.56 bits per heavy atom. The van der Waals surface area contributed by atoms with Crippen LogP contribution in [0, 0.1) is 19.7 Å². The number of rotatable bonds is 8. The molecule has 186 valence electrons. The van der Waals surface area contributed by atoms with Crippen molar-refractivity contribution >= 4 is 11.6 Å². The highest BCUT2D eigenvalue weighted by atomic mass is 19.1. The molecule has 0 fully saturated rings. The summed E-state index contributed by atoms with van der Waals surface area (Å²) in [6.07, 6.45) is 0. The topological polar surface area (TPSA) is 104 Å². The molecule has 0 aliphatic heterocycles. The molecule has 0 radical (unpaired) electrons. The van der Waals surface area contributed by atoms with Gasteiger partial charge in [0.2, 0.25) is 0 Å². The zero-order chi connectivity index (χ0) is 25.8. The summed E-state index contributed by atoms with van der Waals surface area (Å²) in [6, 6.07) is 16.4. The largest absolute Gasteiger partial charge is 0.497 e. The molecule has 8 nitrogen and oxygen atoms in total. The van der Waals surface area contributed by atoms with E-state index in [1.54, 1.807) is 19.2 Å². The zero-order valence-electron chi connectivity index (χ0n) is 20.4. The highest BCUT2D eigenvalue weighted by Gasteiger charge is 2.14. The van der Waals surface area contributed by atoms with Gasteiger partial charge in [-0.05, 0) is 60.9 Å². The number of nitrogens with zero attached hydrogens (tertiary/aromatic N) is 3. The van der Waals surface area contributed by atoms with Crippen molar-refractivity contribution in [2.24, 2.45) is 0 Å². The van der Waals surface area contributed by atoms with E-state index in [2.05, 4.69) is 10.3 Å². The van der Waals surface area contributed by atoms with E-state index >= 15 is 0 Å². The summed E-state index contributed by atoms with van der Waals surface area (Å²) in [5.41, 5.74) is 9.23. The van der Waals surface area contributed by atoms with Gasteiger partial charge in [-0.25, -0.2) is 14.2 Å². The smallest absolute Gasteiger partial charge is 0.333 e. The first-order valence-corrected chi connectivity index (χ1v) is 11.4. The molecule has 2 heterocycles. The molecule has 2 aromatic carbocycles. The molecule has 9 heteroatoms. The maximum absolute atomic E-state index is 13.5. The van der Waals surface area contributed by atoms with Gasteiger partial charge in [-0.2, -0.15) is 0 Å². The second-order valence-corrected chi connectivity index (χ2v) is 8.60. The van der Waals surface area contributed by atoms with E-state index in [1.807, 2.05) is 44.2 Å². The number of nitrogen functional groups attached to an aromatic ring is 1. The number of hydrogen-bond donors (Lipinski definition) is 2. The van der Waals surface area contributed by atoms with Gasteiger partial charge < -0.3 is 15.8 Å². The van der Waals surface area contributed by atoms with E-state index < -0.39 is 11.2 Å². The molecule has 4 aromatic rings. The summed E-state index contributed by atoms with van der Waals surface area (Å²) >= 11 is 0. The van der Waals surface area contributed by atoms with E-state index in [-0.39, 0.29) is 25.5 Å². The number of halogens is 1. The fourth-order valence-corrected chi connectivity index (χ4v) is 4.05. The van der Waals surface area contributed by atoms with E-state index in [4.69, 9.17) is 10.5 Å². The van der Waals surface area contributed by atoms with Crippen molar-refractivity contribution in [1.29, 1.82) is 0 Å². The maximum Gasteiger partial charge on any atom is 0.333 e. The molecule has 0 saturated carbocycles. The first-order chi connectivity index (χ1) is 17.2. The zero-order valence-corrected chi connectivity index (χ0v) is 20.4. The third kappa shape index (κ3) is 5.46. The van der Waals surface area contributed by atoms with Crippen molar-refractivity contribution < 1.29 is 9.13 Å². The number of anilines is 2. The maximum atomic E-state index is 13.5. The van der Waals surface area contributed by atoms with Crippen LogP contribution in [0.4, 0.5) is 16.0 Å². The normalized spacial score (nSPS) is 10.9. The van der Waals surface area contributed by atoms with Gasteiger partial charge in [0, 0.05) is 23.9 Å². The van der Waals surface area contributed by atoms with Crippen LogP contribution in [0.1, 0.15) is 27.9 Å². The minimum atomic E-state index is -0.489. The van der Waals surface area contributed by atoms with Gasteiger partial charge in [0.05, 0.1) is 20.2 Å². The van der Waals surface area contributed by atoms with Crippen molar-refractivity contribution in [2.45, 2.75) is 33.5 Å². The summed E-state index contributed by atoms with van der Waals surface area (Å²) < 4.78 is 21.2. The van der Waals surface area contributed by atoms with Crippen LogP contribution < -0.4 is 27.0 Å². The Morgan fingerprint density at radius 3 is 2.17 bits per heavy atom. The molecule has 0 aliphatic carbocycles. The fourth-order valence-electron chi connectivity index (χ4n) is 4.05. The number of nitrogens with two attached hydrogens (primary N) is 1. The summed E-state index contributed by atoms with van der Waals surface area (Å²) in [4.78, 5) is 30.9. The fraction of sp³-hybridized carbons (Fsp3) is 0.222. The predicted octanol–water partition coefficient (Wildman–Crippen LogP) is 3.46. The molecule has 4 rings (SSSR count). The quantitative estimate of drug-likeness (QED) is 0.393. The molecule has 0 aliphatic rings. The van der Waals surface area contributed by atoms with Crippen LogP contribution in [0.25, 0.3) is 0 Å². The average molecular weight is 490 g/mol. The first-order valence-electron chi connectivity index (χ1n) is 11.4. The minimum Gasteiger partial charge on any atom is -0.497 e. The third-order valence-corrected chi connectivity index (χ3v) is 5.99. The second-order valence-electron chi connectivity index (χ2n) is 8.60. The van der Waals surface area contributed by atoms with Crippen molar-refractivity contribution in [3.8, 4) is 5.75 Å². The molecular formula is C27H28FN5O3. The van der Waals surface area contributed by atoms with Crippen LogP contribution in [-0.2, 0) is 19.6 Å². The Hall–Kier alpha value is -4.40. The van der Waals surface area contributed by atoms with Crippen LogP contribution in [-0.4, -0.2) is 21.2 Å². The van der Waals surface area contributed by atoms with E-state index in [0.717, 1.165) is 27.0 Å². The van der Waals surface area contributed by atoms with Gasteiger partial charge in [-0.3, -0.25) is 13.9 Å². The van der Waals surface area contributed by atoms with E-state index in [1.165, 1.54) is 22.8 Å². The Labute approximate surface area is 207 Å². The second kappa shape index (κ2) is 10.5. The van der Waals surface area contributed by atoms with Crippen LogP contribution >= 0.6 is 0 Å². The molecule has 3 N–H and O–H groups in total. The Kier molecular flexibility index (Phi) is 7.19. The van der Waals surface area contributed by atoms with Crippen molar-refractivity contribution in [2.75, 3.05) is 18.2 Å². The van der Waals surface area contributed by atoms with Gasteiger partial charge in [-0.1, -0.05) is 24.3 Å². The number of aromatic nitrogens is 3. The lowest BCUT2D eigenvalue weighted by molar-refractivity contribution is 0.414. The Balaban J connectivity index is 1.73. The SMILES string of the molecule is COc1ccc(Cn2c(NCc3c(C)cc(C)nc3N)cc(=O)n(Cc3ccc(F)cc3)c2=O)cc1. The summed E-state index contributed by atoms with van der Waals surface area (Å²) in [6.45, 7) is 4.33. The lowest BCUT2D eigenvalue weighted by atomic mass is 10.1. The van der Waals surface area contributed by atoms with Crippen LogP contribution in [0.5, 0.6) is 5.75 Å². The van der Waals surface area contributed by atoms with Gasteiger partial charge in [0.15, 0.2) is 0 Å². The monoisotopic (exact) mass is 489 g/mol. The average Bonchev–Trinajstić information content (AvgIpc) is 2.85. The third-order valence-electron chi connectivity index (χ3n) is 5.99. The van der Waals surface area contributed by atoms with Gasteiger partial charge in [0.1, 0.15) is 23.2 Å². The molecule has 0 amide bonds. The number of aryl methyl sites for hydroxylation is 2. The Bertz CT molecular complexity index is 1470. The first kappa shape index (κ1) is 24.7. The molecule has 36 heavy (non-hydrogen) atoms. The molecule has 0 unspecified atom stereocenters. The van der Waals surface area contributed by atoms with Gasteiger partial charge in [0.25, 0.3) is 5.56 Å². The van der Waals surface area contributed by atoms with E-state index in [0.29, 0.717) is 22.9 Å². The van der Waals surface area contributed by atoms with Crippen molar-refractivity contribution in [3.05, 3.63) is 115 Å². The summed E-state index contributed by atoms with van der Waals surface area (Å²) in [5.74, 6) is 1.07. The molecule has 0 bridgehead atoms. The number of methoxy groups -OCH3 is 1. The van der Waals surface area contributed by atoms with Crippen LogP contribution in [0.15, 0.2) is 70.3 Å². The van der Waals surface area contributed by atoms with Crippen molar-refractivity contribution in [3.63, 3.8) is 0 Å². The lowest BCUT2D eigenvalue weighted by Crippen LogP contribution is -2.41. The highest BCUT2D eigenvalue weighted by Crippen LogP contribution is 2.18. The standard InChI is InChI=1S/C27H28FN5O3/c1-17-12-18(2)31-26(29)23(17)14-30-24-13-25(34)33(16-19-4-8-21(28)9-5-19)27(35)32(24)15-20-6-10-22(36-3)11-7-20/h4-13,30H,14-16H2,1-3H3,(H2,29,31). The molecule has 0 atom stereocenters. The van der Waals surface area contributed by atoms with Crippen LogP contribution in [0.3, 0.4) is 0 Å². The number of ether oxygens (including phenoxy) is 1. The predicted molar refractivity (Wildman–Crippen MR) is 138 cm³/mol. The Morgan fingerprint density at radius 1 is 0.944 bits per heavy atom. The molecule has 2 aromatic heterocycles. The highest BCUT2D eigenvalue weighted by molar-refractivity contribution is 5.48. The number of hydrogen-bond acceptors (Lipinski definition) is 6. The summed E-state index contributed by atoms with van der Waals surface area (Å²) in [5, 5.41) is 3.21. The molecule has 0 saturated heterocycles. The van der Waals surface area contributed by atoms with E-state index in [9.17, 15) is 14.0 Å². The number of pyridine rings is 1. The number of benzene rings is 2.